The number of carboxylic acid groups (broad SMARTS) is 1. The lowest BCUT2D eigenvalue weighted by atomic mass is 9.65. The zero-order chi connectivity index (χ0) is 27.4. The van der Waals surface area contributed by atoms with Crippen LogP contribution in [0.25, 0.3) is 0 Å². The van der Waals surface area contributed by atoms with Gasteiger partial charge in [-0.25, -0.2) is 0 Å². The summed E-state index contributed by atoms with van der Waals surface area (Å²) >= 11 is 6.03. The van der Waals surface area contributed by atoms with Gasteiger partial charge in [0.25, 0.3) is 0 Å². The monoisotopic (exact) mass is 548 g/mol. The van der Waals surface area contributed by atoms with Crippen LogP contribution >= 0.6 is 11.6 Å². The Morgan fingerprint density at radius 1 is 1.14 bits per heavy atom. The van der Waals surface area contributed by atoms with Crippen molar-refractivity contribution in [2.75, 3.05) is 13.2 Å². The van der Waals surface area contributed by atoms with Gasteiger partial charge < -0.3 is 14.6 Å². The minimum Gasteiger partial charge on any atom is -0.481 e. The van der Waals surface area contributed by atoms with E-state index >= 15 is 0 Å². The van der Waals surface area contributed by atoms with Crippen LogP contribution in [0.15, 0.2) is 35.5 Å². The van der Waals surface area contributed by atoms with E-state index in [1.54, 1.807) is 0 Å². The first-order chi connectivity index (χ1) is 17.2. The van der Waals surface area contributed by atoms with Gasteiger partial charge in [0.1, 0.15) is 0 Å². The van der Waals surface area contributed by atoms with E-state index in [1.165, 1.54) is 11.1 Å². The Hall–Kier alpha value is -1.14. The van der Waals surface area contributed by atoms with E-state index in [2.05, 4.69) is 53.0 Å². The number of ether oxygens (including phenoxy) is 2. The molecule has 0 aromatic heterocycles. The molecular weight excluding hydrogens is 500 g/mol. The predicted molar refractivity (Wildman–Crippen MR) is 156 cm³/mol. The van der Waals surface area contributed by atoms with E-state index in [1.807, 2.05) is 24.3 Å². The summed E-state index contributed by atoms with van der Waals surface area (Å²) in [4.78, 5) is 12.6. The van der Waals surface area contributed by atoms with E-state index in [0.29, 0.717) is 31.5 Å². The highest BCUT2D eigenvalue weighted by Crippen LogP contribution is 2.47. The van der Waals surface area contributed by atoms with E-state index < -0.39 is 19.8 Å². The number of carboxylic acids is 1. The van der Waals surface area contributed by atoms with Crippen LogP contribution in [0.5, 0.6) is 0 Å². The zero-order valence-electron chi connectivity index (χ0n) is 24.1. The molecule has 208 valence electrons. The summed E-state index contributed by atoms with van der Waals surface area (Å²) in [6, 6.07) is 7.91. The van der Waals surface area contributed by atoms with Crippen LogP contribution in [-0.4, -0.2) is 38.2 Å². The van der Waals surface area contributed by atoms with E-state index in [9.17, 15) is 9.90 Å². The Labute approximate surface area is 231 Å². The minimum absolute atomic E-state index is 0.0480. The Morgan fingerprint density at radius 3 is 2.32 bits per heavy atom. The SMILES string of the molecule is C[C@@H]1CC[C@@H](C(CCCc2ccc(Cl)cc2)C(=O)O)/C(=C/[Si](C)(C)C)[C@H]1CCC1(C)OCC(C)(C)CO1. The average molecular weight is 549 g/mol. The van der Waals surface area contributed by atoms with E-state index in [4.69, 9.17) is 21.1 Å². The van der Waals surface area contributed by atoms with Crippen molar-refractivity contribution >= 4 is 25.6 Å². The summed E-state index contributed by atoms with van der Waals surface area (Å²) < 4.78 is 12.4. The summed E-state index contributed by atoms with van der Waals surface area (Å²) in [5.41, 5.74) is 5.20. The molecule has 1 saturated heterocycles. The third-order valence-corrected chi connectivity index (χ3v) is 9.67. The molecule has 6 heteroatoms. The van der Waals surface area contributed by atoms with Gasteiger partial charge in [0, 0.05) is 16.9 Å². The second-order valence-electron chi connectivity index (χ2n) is 13.7. The quantitative estimate of drug-likeness (QED) is 0.298. The maximum atomic E-state index is 12.6. The summed E-state index contributed by atoms with van der Waals surface area (Å²) in [6.07, 6.45) is 6.29. The molecule has 1 N–H and O–H groups in total. The molecule has 1 heterocycles. The van der Waals surface area contributed by atoms with Gasteiger partial charge in [-0.3, -0.25) is 4.79 Å². The van der Waals surface area contributed by atoms with Crippen molar-refractivity contribution in [1.82, 2.24) is 0 Å². The van der Waals surface area contributed by atoms with Gasteiger partial charge >= 0.3 is 5.97 Å². The summed E-state index contributed by atoms with van der Waals surface area (Å²) in [7, 11) is -1.56. The Morgan fingerprint density at radius 2 is 1.76 bits per heavy atom. The molecule has 2 aliphatic rings. The third kappa shape index (κ3) is 8.95. The summed E-state index contributed by atoms with van der Waals surface area (Å²) in [5.74, 6) is -0.534. The van der Waals surface area contributed by atoms with Gasteiger partial charge in [0.2, 0.25) is 0 Å². The molecule has 0 amide bonds. The predicted octanol–water partition coefficient (Wildman–Crippen LogP) is 8.40. The largest absolute Gasteiger partial charge is 0.481 e. The smallest absolute Gasteiger partial charge is 0.307 e. The van der Waals surface area contributed by atoms with Gasteiger partial charge in [-0.05, 0) is 80.9 Å². The van der Waals surface area contributed by atoms with Crippen LogP contribution < -0.4 is 0 Å². The second-order valence-corrected chi connectivity index (χ2v) is 19.1. The molecule has 1 saturated carbocycles. The number of halogens is 1. The molecule has 1 unspecified atom stereocenters. The maximum Gasteiger partial charge on any atom is 0.307 e. The molecule has 1 aliphatic carbocycles. The Kier molecular flexibility index (Phi) is 10.2. The van der Waals surface area contributed by atoms with E-state index in [-0.39, 0.29) is 17.3 Å². The average Bonchev–Trinajstić information content (AvgIpc) is 2.80. The molecular formula is C31H49ClO4Si. The van der Waals surface area contributed by atoms with Crippen molar-refractivity contribution in [2.45, 2.75) is 98.1 Å². The number of hydrogen-bond donors (Lipinski definition) is 1. The molecule has 0 spiro atoms. The first-order valence-electron chi connectivity index (χ1n) is 14.2. The number of hydrogen-bond acceptors (Lipinski definition) is 3. The van der Waals surface area contributed by atoms with Crippen molar-refractivity contribution in [2.24, 2.45) is 29.1 Å². The molecule has 0 radical (unpaired) electrons. The van der Waals surface area contributed by atoms with Crippen molar-refractivity contribution in [3.8, 4) is 0 Å². The number of allylic oxidation sites excluding steroid dienone is 1. The van der Waals surface area contributed by atoms with Crippen LogP contribution in [0, 0.1) is 29.1 Å². The Bertz CT molecular complexity index is 924. The fourth-order valence-electron chi connectivity index (χ4n) is 6.03. The molecule has 1 aromatic carbocycles. The first kappa shape index (κ1) is 30.4. The van der Waals surface area contributed by atoms with E-state index in [0.717, 1.165) is 43.5 Å². The molecule has 4 nitrogen and oxygen atoms in total. The number of benzene rings is 1. The fraction of sp³-hybridized carbons (Fsp3) is 0.710. The van der Waals surface area contributed by atoms with Gasteiger partial charge in [-0.2, -0.15) is 0 Å². The fourth-order valence-corrected chi connectivity index (χ4v) is 7.58. The highest BCUT2D eigenvalue weighted by molar-refractivity contribution is 6.81. The zero-order valence-corrected chi connectivity index (χ0v) is 25.9. The van der Waals surface area contributed by atoms with Crippen LogP contribution in [0.4, 0.5) is 0 Å². The number of carbonyl (C=O) groups is 1. The molecule has 3 rings (SSSR count). The number of aryl methyl sites for hydroxylation is 1. The van der Waals surface area contributed by atoms with Crippen LogP contribution in [0.3, 0.4) is 0 Å². The lowest BCUT2D eigenvalue weighted by Crippen LogP contribution is -2.46. The topological polar surface area (TPSA) is 55.8 Å². The van der Waals surface area contributed by atoms with Gasteiger partial charge in [0.15, 0.2) is 5.79 Å². The maximum absolute atomic E-state index is 12.6. The summed E-state index contributed by atoms with van der Waals surface area (Å²) in [5, 5.41) is 11.1. The minimum atomic E-state index is -1.56. The van der Waals surface area contributed by atoms with Crippen molar-refractivity contribution in [3.05, 3.63) is 46.1 Å². The first-order valence-corrected chi connectivity index (χ1v) is 18.1. The standard InChI is InChI=1S/C31H49ClO4Si/c1-22-11-16-26(27(29(33)34)10-8-9-23-12-14-24(32)15-13-23)28(19-37(5,6)7)25(22)17-18-31(4)35-20-30(2,3)21-36-31/h12-15,19,22,25-27H,8-11,16-18,20-21H2,1-7H3,(H,33,34)/b28-19+/t22-,25+,26+,27?/m1/s1. The lowest BCUT2D eigenvalue weighted by molar-refractivity contribution is -0.293. The van der Waals surface area contributed by atoms with Crippen molar-refractivity contribution < 1.29 is 19.4 Å². The second kappa shape index (κ2) is 12.4. The number of rotatable bonds is 10. The van der Waals surface area contributed by atoms with Crippen LogP contribution in [-0.2, 0) is 20.7 Å². The summed E-state index contributed by atoms with van der Waals surface area (Å²) in [6.45, 7) is 17.3. The molecule has 37 heavy (non-hydrogen) atoms. The van der Waals surface area contributed by atoms with Gasteiger partial charge in [-0.15, -0.1) is 0 Å². The Balaban J connectivity index is 1.77. The highest BCUT2D eigenvalue weighted by atomic mass is 35.5. The van der Waals surface area contributed by atoms with Crippen molar-refractivity contribution in [1.29, 1.82) is 0 Å². The van der Waals surface area contributed by atoms with Crippen LogP contribution in [0.1, 0.15) is 71.8 Å². The molecule has 0 bridgehead atoms. The normalized spacial score (nSPS) is 27.7. The molecule has 1 aliphatic heterocycles. The third-order valence-electron chi connectivity index (χ3n) is 8.22. The van der Waals surface area contributed by atoms with Gasteiger partial charge in [-0.1, -0.05) is 75.4 Å². The van der Waals surface area contributed by atoms with Gasteiger partial charge in [0.05, 0.1) is 27.2 Å². The highest BCUT2D eigenvalue weighted by Gasteiger charge is 2.42. The van der Waals surface area contributed by atoms with Crippen LogP contribution in [0.2, 0.25) is 24.7 Å². The lowest BCUT2D eigenvalue weighted by Gasteiger charge is -2.44. The number of aliphatic carboxylic acids is 1. The molecule has 2 fully saturated rings. The molecule has 4 atom stereocenters. The molecule has 1 aromatic rings. The van der Waals surface area contributed by atoms with Crippen molar-refractivity contribution in [3.63, 3.8) is 0 Å².